The van der Waals surface area contributed by atoms with E-state index < -0.39 is 22.6 Å². The van der Waals surface area contributed by atoms with Crippen LogP contribution >= 0.6 is 0 Å². The van der Waals surface area contributed by atoms with Crippen LogP contribution in [0.1, 0.15) is 37.7 Å². The van der Waals surface area contributed by atoms with Gasteiger partial charge in [0, 0.05) is 30.5 Å². The first-order chi connectivity index (χ1) is 14.7. The number of nitrogens with one attached hydrogen (secondary N) is 1. The second-order valence-electron chi connectivity index (χ2n) is 7.18. The molecule has 0 bridgehead atoms. The summed E-state index contributed by atoms with van der Waals surface area (Å²) in [6.45, 7) is 3.40. The number of aryl methyl sites for hydroxylation is 1. The number of sulfonamides is 1. The second kappa shape index (κ2) is 9.28. The number of aromatic nitrogens is 1. The summed E-state index contributed by atoms with van der Waals surface area (Å²) in [6, 6.07) is 16.4. The van der Waals surface area contributed by atoms with Crippen molar-refractivity contribution in [3.8, 4) is 0 Å². The Morgan fingerprint density at radius 1 is 1.00 bits per heavy atom. The standard InChI is InChI=1S/C23H24N2O5S/c1-16-12-21(17(2)25(16)3)22(26)15-30-23(27)19-10-7-11-20(13-19)31(28,29)24-14-18-8-5-4-6-9-18/h4-13,24H,14-15H2,1-3H3. The lowest BCUT2D eigenvalue weighted by molar-refractivity contribution is 0.0474. The third-order valence-corrected chi connectivity index (χ3v) is 6.50. The number of nitrogens with zero attached hydrogens (tertiary/aromatic N) is 1. The van der Waals surface area contributed by atoms with Gasteiger partial charge in [-0.2, -0.15) is 0 Å². The van der Waals surface area contributed by atoms with Gasteiger partial charge in [0.25, 0.3) is 0 Å². The molecule has 0 radical (unpaired) electrons. The van der Waals surface area contributed by atoms with Gasteiger partial charge in [-0.1, -0.05) is 36.4 Å². The molecule has 0 fully saturated rings. The molecule has 7 nitrogen and oxygen atoms in total. The van der Waals surface area contributed by atoms with Crippen LogP contribution < -0.4 is 4.72 Å². The molecule has 3 rings (SSSR count). The molecule has 1 aromatic heterocycles. The van der Waals surface area contributed by atoms with Gasteiger partial charge in [-0.15, -0.1) is 0 Å². The highest BCUT2D eigenvalue weighted by atomic mass is 32.2. The molecule has 3 aromatic rings. The minimum absolute atomic E-state index is 0.0522. The van der Waals surface area contributed by atoms with Crippen LogP contribution in [-0.2, 0) is 28.4 Å². The van der Waals surface area contributed by atoms with E-state index in [1.807, 2.05) is 55.8 Å². The first-order valence-corrected chi connectivity index (χ1v) is 11.1. The second-order valence-corrected chi connectivity index (χ2v) is 8.95. The Balaban J connectivity index is 1.66. The molecule has 8 heteroatoms. The molecule has 0 saturated heterocycles. The average Bonchev–Trinajstić information content (AvgIpc) is 3.04. The zero-order chi connectivity index (χ0) is 22.6. The molecular formula is C23H24N2O5S. The molecule has 0 unspecified atom stereocenters. The topological polar surface area (TPSA) is 94.5 Å². The first kappa shape index (κ1) is 22.5. The predicted octanol–water partition coefficient (Wildman–Crippen LogP) is 3.16. The summed E-state index contributed by atoms with van der Waals surface area (Å²) in [5.74, 6) is -1.08. The molecule has 0 aliphatic heterocycles. The van der Waals surface area contributed by atoms with Crippen molar-refractivity contribution in [2.24, 2.45) is 7.05 Å². The van der Waals surface area contributed by atoms with Crippen LogP contribution in [-0.4, -0.2) is 31.3 Å². The monoisotopic (exact) mass is 440 g/mol. The summed E-state index contributed by atoms with van der Waals surface area (Å²) in [4.78, 5) is 24.8. The van der Waals surface area contributed by atoms with E-state index in [4.69, 9.17) is 4.74 Å². The van der Waals surface area contributed by atoms with E-state index in [1.54, 1.807) is 6.07 Å². The molecule has 0 atom stereocenters. The Labute approximate surface area is 181 Å². The molecule has 0 amide bonds. The molecule has 2 aromatic carbocycles. The van der Waals surface area contributed by atoms with Gasteiger partial charge < -0.3 is 9.30 Å². The number of carbonyl (C=O) groups excluding carboxylic acids is 2. The van der Waals surface area contributed by atoms with Crippen molar-refractivity contribution in [1.82, 2.24) is 9.29 Å². The van der Waals surface area contributed by atoms with Gasteiger partial charge in [0.05, 0.1) is 10.5 Å². The minimum Gasteiger partial charge on any atom is -0.454 e. The zero-order valence-corrected chi connectivity index (χ0v) is 18.4. The Morgan fingerprint density at radius 3 is 2.35 bits per heavy atom. The van der Waals surface area contributed by atoms with E-state index in [2.05, 4.69) is 4.72 Å². The molecular weight excluding hydrogens is 416 g/mol. The van der Waals surface area contributed by atoms with E-state index in [0.29, 0.717) is 5.56 Å². The molecule has 162 valence electrons. The van der Waals surface area contributed by atoms with Gasteiger partial charge in [-0.3, -0.25) is 4.79 Å². The number of rotatable bonds is 8. The van der Waals surface area contributed by atoms with Gasteiger partial charge in [0.1, 0.15) is 0 Å². The predicted molar refractivity (Wildman–Crippen MR) is 116 cm³/mol. The third kappa shape index (κ3) is 5.28. The van der Waals surface area contributed by atoms with Crippen LogP contribution in [0.5, 0.6) is 0 Å². The molecule has 0 spiro atoms. The normalized spacial score (nSPS) is 11.3. The minimum atomic E-state index is -3.82. The van der Waals surface area contributed by atoms with Gasteiger partial charge in [-0.25, -0.2) is 17.9 Å². The largest absolute Gasteiger partial charge is 0.454 e. The number of carbonyl (C=O) groups is 2. The number of esters is 1. The summed E-state index contributed by atoms with van der Waals surface area (Å²) in [5, 5.41) is 0. The Kier molecular flexibility index (Phi) is 6.72. The van der Waals surface area contributed by atoms with Crippen molar-refractivity contribution in [3.63, 3.8) is 0 Å². The maximum absolute atomic E-state index is 12.6. The lowest BCUT2D eigenvalue weighted by Gasteiger charge is -2.09. The number of Topliss-reactive ketones (excluding diaryl/α,β-unsaturated/α-hetero) is 1. The zero-order valence-electron chi connectivity index (χ0n) is 17.6. The Hall–Kier alpha value is -3.23. The SMILES string of the molecule is Cc1cc(C(=O)COC(=O)c2cccc(S(=O)(=O)NCc3ccccc3)c2)c(C)n1C. The van der Waals surface area contributed by atoms with E-state index >= 15 is 0 Å². The van der Waals surface area contributed by atoms with Crippen LogP contribution in [0.4, 0.5) is 0 Å². The van der Waals surface area contributed by atoms with Crippen LogP contribution in [0.25, 0.3) is 0 Å². The van der Waals surface area contributed by atoms with Gasteiger partial charge in [-0.05, 0) is 43.7 Å². The van der Waals surface area contributed by atoms with Crippen LogP contribution in [0.3, 0.4) is 0 Å². The Bertz CT molecular complexity index is 1210. The molecule has 0 aliphatic carbocycles. The summed E-state index contributed by atoms with van der Waals surface area (Å²) in [7, 11) is -1.97. The van der Waals surface area contributed by atoms with Crippen LogP contribution in [0.15, 0.2) is 65.6 Å². The number of ketones is 1. The quantitative estimate of drug-likeness (QED) is 0.429. The number of hydrogen-bond donors (Lipinski definition) is 1. The van der Waals surface area contributed by atoms with E-state index in [9.17, 15) is 18.0 Å². The highest BCUT2D eigenvalue weighted by molar-refractivity contribution is 7.89. The average molecular weight is 441 g/mol. The van der Waals surface area contributed by atoms with Crippen LogP contribution in [0, 0.1) is 13.8 Å². The van der Waals surface area contributed by atoms with Gasteiger partial charge in [0.15, 0.2) is 6.61 Å². The summed E-state index contributed by atoms with van der Waals surface area (Å²) in [5.41, 5.74) is 3.07. The van der Waals surface area contributed by atoms with Crippen molar-refractivity contribution in [2.45, 2.75) is 25.3 Å². The van der Waals surface area contributed by atoms with Crippen molar-refractivity contribution < 1.29 is 22.7 Å². The lowest BCUT2D eigenvalue weighted by Crippen LogP contribution is -2.23. The maximum Gasteiger partial charge on any atom is 0.338 e. The van der Waals surface area contributed by atoms with Crippen molar-refractivity contribution in [1.29, 1.82) is 0 Å². The van der Waals surface area contributed by atoms with Crippen molar-refractivity contribution in [3.05, 3.63) is 88.7 Å². The third-order valence-electron chi connectivity index (χ3n) is 5.10. The smallest absolute Gasteiger partial charge is 0.338 e. The highest BCUT2D eigenvalue weighted by Crippen LogP contribution is 2.16. The van der Waals surface area contributed by atoms with E-state index in [0.717, 1.165) is 17.0 Å². The molecule has 1 N–H and O–H groups in total. The fourth-order valence-electron chi connectivity index (χ4n) is 3.08. The molecule has 1 heterocycles. The van der Waals surface area contributed by atoms with Gasteiger partial charge in [0.2, 0.25) is 15.8 Å². The summed E-state index contributed by atoms with van der Waals surface area (Å²) >= 11 is 0. The first-order valence-electron chi connectivity index (χ1n) is 9.66. The van der Waals surface area contributed by atoms with E-state index in [-0.39, 0.29) is 22.8 Å². The van der Waals surface area contributed by atoms with Crippen molar-refractivity contribution in [2.75, 3.05) is 6.61 Å². The van der Waals surface area contributed by atoms with Gasteiger partial charge >= 0.3 is 5.97 Å². The van der Waals surface area contributed by atoms with E-state index in [1.165, 1.54) is 24.3 Å². The fraction of sp³-hybridized carbons (Fsp3) is 0.217. The number of benzene rings is 2. The Morgan fingerprint density at radius 2 is 1.71 bits per heavy atom. The fourth-order valence-corrected chi connectivity index (χ4v) is 4.14. The number of ether oxygens (including phenoxy) is 1. The summed E-state index contributed by atoms with van der Waals surface area (Å²) in [6.07, 6.45) is 0. The number of hydrogen-bond acceptors (Lipinski definition) is 5. The lowest BCUT2D eigenvalue weighted by atomic mass is 10.1. The highest BCUT2D eigenvalue weighted by Gasteiger charge is 2.19. The molecule has 0 aliphatic rings. The maximum atomic E-state index is 12.6. The van der Waals surface area contributed by atoms with Crippen LogP contribution in [0.2, 0.25) is 0 Å². The molecule has 31 heavy (non-hydrogen) atoms. The summed E-state index contributed by atoms with van der Waals surface area (Å²) < 4.78 is 34.7. The molecule has 0 saturated carbocycles. The van der Waals surface area contributed by atoms with Crippen molar-refractivity contribution >= 4 is 21.8 Å².